The molecule has 0 saturated carbocycles. The number of aliphatic hydroxyl groups is 1. The number of nitrogens with one attached hydrogen (secondary N) is 2. The van der Waals surface area contributed by atoms with Crippen molar-refractivity contribution in [1.82, 2.24) is 15.5 Å². The zero-order valence-electron chi connectivity index (χ0n) is 16.6. The van der Waals surface area contributed by atoms with Crippen LogP contribution in [0.3, 0.4) is 0 Å². The summed E-state index contributed by atoms with van der Waals surface area (Å²) in [5.74, 6) is 0.229. The SMILES string of the molecule is O=C(CN1CCOCC1)NC[C@@H]1N[C@@H](CO)[C@H]1c1ccc(-c2ccccc2)cc1. The lowest BCUT2D eigenvalue weighted by molar-refractivity contribution is -0.123. The van der Waals surface area contributed by atoms with Crippen LogP contribution in [0.2, 0.25) is 0 Å². The second-order valence-electron chi connectivity index (χ2n) is 7.77. The molecule has 4 rings (SSSR count). The van der Waals surface area contributed by atoms with E-state index in [4.69, 9.17) is 4.74 Å². The first kappa shape index (κ1) is 20.0. The standard InChI is InChI=1S/C23H29N3O3/c27-16-21-23(19-8-6-18(7-9-19)17-4-2-1-3-5-17)20(25-21)14-24-22(28)15-26-10-12-29-13-11-26/h1-9,20-21,23,25,27H,10-16H2,(H,24,28)/t20-,21-,23-/m0/s1. The fraction of sp³-hybridized carbons (Fsp3) is 0.435. The molecule has 1 amide bonds. The van der Waals surface area contributed by atoms with Crippen LogP contribution in [-0.2, 0) is 9.53 Å². The predicted octanol–water partition coefficient (Wildman–Crippen LogP) is 1.22. The summed E-state index contributed by atoms with van der Waals surface area (Å²) in [7, 11) is 0. The summed E-state index contributed by atoms with van der Waals surface area (Å²) in [4.78, 5) is 14.4. The first-order valence-corrected chi connectivity index (χ1v) is 10.3. The van der Waals surface area contributed by atoms with Crippen molar-refractivity contribution in [3.63, 3.8) is 0 Å². The van der Waals surface area contributed by atoms with E-state index < -0.39 is 0 Å². The average molecular weight is 396 g/mol. The number of benzene rings is 2. The molecule has 2 heterocycles. The molecule has 154 valence electrons. The number of rotatable bonds is 7. The van der Waals surface area contributed by atoms with Crippen LogP contribution < -0.4 is 10.6 Å². The van der Waals surface area contributed by atoms with Crippen molar-refractivity contribution < 1.29 is 14.6 Å². The summed E-state index contributed by atoms with van der Waals surface area (Å²) in [6, 6.07) is 19.0. The zero-order chi connectivity index (χ0) is 20.1. The molecule has 2 aliphatic heterocycles. The normalized spacial score (nSPS) is 24.7. The van der Waals surface area contributed by atoms with Gasteiger partial charge in [0.1, 0.15) is 0 Å². The minimum atomic E-state index is 0.0266. The first-order chi connectivity index (χ1) is 14.2. The number of carbonyl (C=O) groups is 1. The van der Waals surface area contributed by atoms with E-state index >= 15 is 0 Å². The van der Waals surface area contributed by atoms with Crippen LogP contribution in [0, 0.1) is 0 Å². The van der Waals surface area contributed by atoms with Crippen molar-refractivity contribution in [2.24, 2.45) is 0 Å². The van der Waals surface area contributed by atoms with E-state index in [9.17, 15) is 9.90 Å². The van der Waals surface area contributed by atoms with Crippen molar-refractivity contribution in [3.8, 4) is 11.1 Å². The molecule has 2 aromatic carbocycles. The van der Waals surface area contributed by atoms with E-state index in [0.29, 0.717) is 26.3 Å². The number of hydrogen-bond acceptors (Lipinski definition) is 5. The monoisotopic (exact) mass is 395 g/mol. The van der Waals surface area contributed by atoms with E-state index in [1.807, 2.05) is 18.2 Å². The van der Waals surface area contributed by atoms with E-state index in [2.05, 4.69) is 51.9 Å². The number of nitrogens with zero attached hydrogens (tertiary/aromatic N) is 1. The molecule has 6 heteroatoms. The molecule has 6 nitrogen and oxygen atoms in total. The van der Waals surface area contributed by atoms with Gasteiger partial charge in [-0.05, 0) is 16.7 Å². The molecule has 2 saturated heterocycles. The maximum Gasteiger partial charge on any atom is 0.234 e. The Morgan fingerprint density at radius 1 is 1.03 bits per heavy atom. The van der Waals surface area contributed by atoms with Gasteiger partial charge in [0.05, 0.1) is 26.4 Å². The van der Waals surface area contributed by atoms with Gasteiger partial charge in [0, 0.05) is 37.6 Å². The summed E-state index contributed by atoms with van der Waals surface area (Å²) in [6.45, 7) is 4.05. The molecule has 0 spiro atoms. The number of hydrogen-bond donors (Lipinski definition) is 3. The van der Waals surface area contributed by atoms with Gasteiger partial charge in [0.15, 0.2) is 0 Å². The highest BCUT2D eigenvalue weighted by Crippen LogP contribution is 2.33. The summed E-state index contributed by atoms with van der Waals surface area (Å²) in [5, 5.41) is 16.1. The minimum Gasteiger partial charge on any atom is -0.395 e. The Kier molecular flexibility index (Phi) is 6.56. The molecule has 3 atom stereocenters. The Bertz CT molecular complexity index is 791. The zero-order valence-corrected chi connectivity index (χ0v) is 16.6. The van der Waals surface area contributed by atoms with Crippen molar-refractivity contribution in [1.29, 1.82) is 0 Å². The van der Waals surface area contributed by atoms with Crippen molar-refractivity contribution in [3.05, 3.63) is 60.2 Å². The Balaban J connectivity index is 1.34. The summed E-state index contributed by atoms with van der Waals surface area (Å²) in [5.41, 5.74) is 3.56. The average Bonchev–Trinajstić information content (AvgIpc) is 2.75. The third kappa shape index (κ3) is 4.85. The number of carbonyl (C=O) groups excluding carboxylic acids is 1. The highest BCUT2D eigenvalue weighted by atomic mass is 16.5. The smallest absolute Gasteiger partial charge is 0.234 e. The summed E-state index contributed by atoms with van der Waals surface area (Å²) >= 11 is 0. The van der Waals surface area contributed by atoms with Gasteiger partial charge in [0.2, 0.25) is 5.91 Å². The van der Waals surface area contributed by atoms with E-state index in [1.54, 1.807) is 0 Å². The molecule has 0 aliphatic carbocycles. The topological polar surface area (TPSA) is 73.8 Å². The Hall–Kier alpha value is -2.25. The Morgan fingerprint density at radius 3 is 2.41 bits per heavy atom. The van der Waals surface area contributed by atoms with Gasteiger partial charge in [-0.3, -0.25) is 9.69 Å². The van der Waals surface area contributed by atoms with Gasteiger partial charge in [-0.2, -0.15) is 0 Å². The molecular formula is C23H29N3O3. The predicted molar refractivity (Wildman–Crippen MR) is 113 cm³/mol. The van der Waals surface area contributed by atoms with Crippen LogP contribution in [0.15, 0.2) is 54.6 Å². The molecule has 3 N–H and O–H groups in total. The van der Waals surface area contributed by atoms with Gasteiger partial charge < -0.3 is 20.5 Å². The molecule has 2 fully saturated rings. The van der Waals surface area contributed by atoms with Crippen LogP contribution in [0.1, 0.15) is 11.5 Å². The first-order valence-electron chi connectivity index (χ1n) is 10.3. The minimum absolute atomic E-state index is 0.0266. The largest absolute Gasteiger partial charge is 0.395 e. The third-order valence-electron chi connectivity index (χ3n) is 5.88. The maximum absolute atomic E-state index is 12.3. The van der Waals surface area contributed by atoms with Gasteiger partial charge >= 0.3 is 0 Å². The van der Waals surface area contributed by atoms with Crippen LogP contribution in [-0.4, -0.2) is 74.0 Å². The number of ether oxygens (including phenoxy) is 1. The van der Waals surface area contributed by atoms with Crippen LogP contribution in [0.5, 0.6) is 0 Å². The van der Waals surface area contributed by atoms with Gasteiger partial charge in [-0.25, -0.2) is 0 Å². The van der Waals surface area contributed by atoms with Crippen molar-refractivity contribution in [2.75, 3.05) is 46.0 Å². The van der Waals surface area contributed by atoms with E-state index in [-0.39, 0.29) is 30.5 Å². The van der Waals surface area contributed by atoms with Crippen LogP contribution >= 0.6 is 0 Å². The lowest BCUT2D eigenvalue weighted by Gasteiger charge is -2.46. The Morgan fingerprint density at radius 2 is 1.72 bits per heavy atom. The highest BCUT2D eigenvalue weighted by Gasteiger charge is 2.40. The maximum atomic E-state index is 12.3. The molecule has 29 heavy (non-hydrogen) atoms. The van der Waals surface area contributed by atoms with Gasteiger partial charge in [-0.1, -0.05) is 54.6 Å². The summed E-state index contributed by atoms with van der Waals surface area (Å²) in [6.07, 6.45) is 0. The molecule has 2 aromatic rings. The second-order valence-corrected chi connectivity index (χ2v) is 7.77. The molecule has 0 unspecified atom stereocenters. The second kappa shape index (κ2) is 9.50. The number of morpholine rings is 1. The highest BCUT2D eigenvalue weighted by molar-refractivity contribution is 5.78. The summed E-state index contributed by atoms with van der Waals surface area (Å²) < 4.78 is 5.32. The number of aliphatic hydroxyl groups excluding tert-OH is 1. The molecular weight excluding hydrogens is 366 g/mol. The molecule has 2 aliphatic rings. The fourth-order valence-corrected chi connectivity index (χ4v) is 4.23. The van der Waals surface area contributed by atoms with Crippen molar-refractivity contribution >= 4 is 5.91 Å². The van der Waals surface area contributed by atoms with Gasteiger partial charge in [-0.15, -0.1) is 0 Å². The third-order valence-corrected chi connectivity index (χ3v) is 5.88. The van der Waals surface area contributed by atoms with Crippen LogP contribution in [0.4, 0.5) is 0 Å². The quantitative estimate of drug-likeness (QED) is 0.657. The van der Waals surface area contributed by atoms with E-state index in [1.165, 1.54) is 16.7 Å². The molecule has 0 radical (unpaired) electrons. The molecule has 0 aromatic heterocycles. The van der Waals surface area contributed by atoms with Crippen LogP contribution in [0.25, 0.3) is 11.1 Å². The fourth-order valence-electron chi connectivity index (χ4n) is 4.23. The van der Waals surface area contributed by atoms with Crippen molar-refractivity contribution in [2.45, 2.75) is 18.0 Å². The van der Waals surface area contributed by atoms with Gasteiger partial charge in [0.25, 0.3) is 0 Å². The lowest BCUT2D eigenvalue weighted by atomic mass is 9.77. The lowest BCUT2D eigenvalue weighted by Crippen LogP contribution is -2.65. The van der Waals surface area contributed by atoms with E-state index in [0.717, 1.165) is 13.1 Å². The Labute approximate surface area is 171 Å². The molecule has 0 bridgehead atoms. The number of amides is 1.